The fourth-order valence-corrected chi connectivity index (χ4v) is 2.08. The summed E-state index contributed by atoms with van der Waals surface area (Å²) in [5, 5.41) is 11.7. The number of hydrogen-bond donors (Lipinski definition) is 1. The first kappa shape index (κ1) is 12.2. The van der Waals surface area contributed by atoms with Gasteiger partial charge in [0.05, 0.1) is 18.9 Å². The number of benzene rings is 1. The number of amides is 2. The summed E-state index contributed by atoms with van der Waals surface area (Å²) in [6.45, 7) is 0.624. The number of urea groups is 1. The van der Waals surface area contributed by atoms with E-state index in [1.807, 2.05) is 12.1 Å². The lowest BCUT2D eigenvalue weighted by Gasteiger charge is -2.20. The topological polar surface area (TPSA) is 65.4 Å². The summed E-state index contributed by atoms with van der Waals surface area (Å²) in [5.41, 5.74) is 0.619. The van der Waals surface area contributed by atoms with E-state index in [1.165, 1.54) is 0 Å². The second-order valence-electron chi connectivity index (χ2n) is 4.11. The number of nitrogens with zero attached hydrogens (tertiary/aromatic N) is 2. The minimum absolute atomic E-state index is 0.247. The van der Waals surface area contributed by atoms with Crippen LogP contribution >= 0.6 is 0 Å². The molecule has 1 atom stereocenters. The van der Waals surface area contributed by atoms with Crippen molar-refractivity contribution in [1.29, 1.82) is 5.26 Å². The van der Waals surface area contributed by atoms with Crippen molar-refractivity contribution in [3.8, 4) is 11.8 Å². The molecule has 0 radical (unpaired) electrons. The first-order valence-electron chi connectivity index (χ1n) is 5.86. The van der Waals surface area contributed by atoms with E-state index in [1.54, 1.807) is 24.1 Å². The van der Waals surface area contributed by atoms with Gasteiger partial charge in [-0.2, -0.15) is 5.26 Å². The van der Waals surface area contributed by atoms with Crippen molar-refractivity contribution in [1.82, 2.24) is 4.90 Å². The van der Waals surface area contributed by atoms with Gasteiger partial charge in [0.25, 0.3) is 0 Å². The molecule has 1 N–H and O–H groups in total. The Morgan fingerprint density at radius 1 is 1.56 bits per heavy atom. The molecule has 2 amide bonds. The van der Waals surface area contributed by atoms with E-state index in [4.69, 9.17) is 10.00 Å². The van der Waals surface area contributed by atoms with E-state index in [9.17, 15) is 4.79 Å². The maximum Gasteiger partial charge on any atom is 0.323 e. The Balaban J connectivity index is 2.10. The number of anilines is 1. The van der Waals surface area contributed by atoms with Crippen LogP contribution in [0.1, 0.15) is 12.8 Å². The molecule has 1 saturated heterocycles. The quantitative estimate of drug-likeness (QED) is 0.868. The number of para-hydroxylation sites is 2. The van der Waals surface area contributed by atoms with E-state index in [0.29, 0.717) is 18.0 Å². The van der Waals surface area contributed by atoms with E-state index in [0.717, 1.165) is 12.8 Å². The van der Waals surface area contributed by atoms with Gasteiger partial charge < -0.3 is 15.0 Å². The van der Waals surface area contributed by atoms with Crippen molar-refractivity contribution in [2.45, 2.75) is 18.9 Å². The molecule has 5 nitrogen and oxygen atoms in total. The molecule has 2 rings (SSSR count). The number of carbonyl (C=O) groups excluding carboxylic acids is 1. The van der Waals surface area contributed by atoms with E-state index in [2.05, 4.69) is 11.4 Å². The summed E-state index contributed by atoms with van der Waals surface area (Å²) in [6, 6.07) is 8.79. The van der Waals surface area contributed by atoms with Crippen molar-refractivity contribution in [2.75, 3.05) is 19.0 Å². The van der Waals surface area contributed by atoms with Gasteiger partial charge in [0.15, 0.2) is 0 Å². The molecule has 0 spiro atoms. The molecular formula is C13H15N3O2. The third-order valence-corrected chi connectivity index (χ3v) is 3.01. The number of ether oxygens (including phenoxy) is 1. The lowest BCUT2D eigenvalue weighted by molar-refractivity contribution is 0.215. The smallest absolute Gasteiger partial charge is 0.323 e. The van der Waals surface area contributed by atoms with E-state index in [-0.39, 0.29) is 12.1 Å². The molecule has 1 unspecified atom stereocenters. The highest BCUT2D eigenvalue weighted by Gasteiger charge is 2.28. The van der Waals surface area contributed by atoms with Crippen LogP contribution in [0.5, 0.6) is 5.75 Å². The molecule has 1 aliphatic heterocycles. The van der Waals surface area contributed by atoms with Gasteiger partial charge in [0.1, 0.15) is 11.8 Å². The van der Waals surface area contributed by atoms with Crippen molar-refractivity contribution >= 4 is 11.7 Å². The van der Waals surface area contributed by atoms with Crippen LogP contribution in [-0.2, 0) is 0 Å². The van der Waals surface area contributed by atoms with Crippen LogP contribution in [0.15, 0.2) is 24.3 Å². The van der Waals surface area contributed by atoms with Crippen LogP contribution in [0.25, 0.3) is 0 Å². The zero-order valence-corrected chi connectivity index (χ0v) is 10.2. The molecule has 1 aliphatic rings. The van der Waals surface area contributed by atoms with Gasteiger partial charge in [0, 0.05) is 6.54 Å². The number of nitrogens with one attached hydrogen (secondary N) is 1. The van der Waals surface area contributed by atoms with Crippen molar-refractivity contribution < 1.29 is 9.53 Å². The molecule has 1 fully saturated rings. The van der Waals surface area contributed by atoms with Crippen molar-refractivity contribution in [3.05, 3.63) is 24.3 Å². The Kier molecular flexibility index (Phi) is 3.68. The zero-order chi connectivity index (χ0) is 13.0. The largest absolute Gasteiger partial charge is 0.495 e. The standard InChI is InChI=1S/C13H15N3O2/c1-18-12-7-3-2-6-11(12)15-13(17)16-8-4-5-10(16)9-14/h2-3,6-7,10H,4-5,8H2,1H3,(H,15,17). The molecule has 0 saturated carbocycles. The van der Waals surface area contributed by atoms with Gasteiger partial charge in [0.2, 0.25) is 0 Å². The molecule has 1 heterocycles. The number of hydrogen-bond acceptors (Lipinski definition) is 3. The van der Waals surface area contributed by atoms with Gasteiger partial charge in [-0.15, -0.1) is 0 Å². The van der Waals surface area contributed by atoms with Crippen LogP contribution in [0.4, 0.5) is 10.5 Å². The minimum Gasteiger partial charge on any atom is -0.495 e. The average molecular weight is 245 g/mol. The molecule has 1 aromatic rings. The first-order chi connectivity index (χ1) is 8.76. The molecule has 5 heteroatoms. The summed E-state index contributed by atoms with van der Waals surface area (Å²) in [5.74, 6) is 0.610. The van der Waals surface area contributed by atoms with Crippen molar-refractivity contribution in [3.63, 3.8) is 0 Å². The predicted molar refractivity (Wildman–Crippen MR) is 67.4 cm³/mol. The maximum absolute atomic E-state index is 12.1. The fraction of sp³-hybridized carbons (Fsp3) is 0.385. The molecule has 18 heavy (non-hydrogen) atoms. The summed E-state index contributed by atoms with van der Waals surface area (Å²) < 4.78 is 5.16. The molecule has 0 aromatic heterocycles. The highest BCUT2D eigenvalue weighted by molar-refractivity contribution is 5.91. The molecule has 0 aliphatic carbocycles. The van der Waals surface area contributed by atoms with Gasteiger partial charge >= 0.3 is 6.03 Å². The van der Waals surface area contributed by atoms with Crippen molar-refractivity contribution in [2.24, 2.45) is 0 Å². The third-order valence-electron chi connectivity index (χ3n) is 3.01. The summed E-state index contributed by atoms with van der Waals surface area (Å²) in [7, 11) is 1.55. The maximum atomic E-state index is 12.1. The number of methoxy groups -OCH3 is 1. The van der Waals surface area contributed by atoms with Crippen LogP contribution < -0.4 is 10.1 Å². The van der Waals surface area contributed by atoms with Gasteiger partial charge in [-0.3, -0.25) is 0 Å². The zero-order valence-electron chi connectivity index (χ0n) is 10.2. The Labute approximate surface area is 106 Å². The van der Waals surface area contributed by atoms with E-state index >= 15 is 0 Å². The molecular weight excluding hydrogens is 230 g/mol. The van der Waals surface area contributed by atoms with Gasteiger partial charge in [-0.05, 0) is 25.0 Å². The summed E-state index contributed by atoms with van der Waals surface area (Å²) >= 11 is 0. The summed E-state index contributed by atoms with van der Waals surface area (Å²) in [6.07, 6.45) is 1.62. The fourth-order valence-electron chi connectivity index (χ4n) is 2.08. The lowest BCUT2D eigenvalue weighted by atomic mass is 10.2. The third kappa shape index (κ3) is 2.38. The monoisotopic (exact) mass is 245 g/mol. The minimum atomic E-state index is -0.320. The van der Waals surface area contributed by atoms with E-state index < -0.39 is 0 Å². The van der Waals surface area contributed by atoms with Crippen LogP contribution in [-0.4, -0.2) is 30.6 Å². The van der Waals surface area contributed by atoms with Crippen LogP contribution in [0.2, 0.25) is 0 Å². The molecule has 0 bridgehead atoms. The average Bonchev–Trinajstić information content (AvgIpc) is 2.87. The number of likely N-dealkylation sites (tertiary alicyclic amines) is 1. The Morgan fingerprint density at radius 2 is 2.33 bits per heavy atom. The van der Waals surface area contributed by atoms with Gasteiger partial charge in [-0.25, -0.2) is 4.79 Å². The number of rotatable bonds is 2. The molecule has 1 aromatic carbocycles. The lowest BCUT2D eigenvalue weighted by Crippen LogP contribution is -2.38. The molecule has 94 valence electrons. The first-order valence-corrected chi connectivity index (χ1v) is 5.86. The highest BCUT2D eigenvalue weighted by atomic mass is 16.5. The Morgan fingerprint density at radius 3 is 3.06 bits per heavy atom. The van der Waals surface area contributed by atoms with Gasteiger partial charge in [-0.1, -0.05) is 12.1 Å². The second-order valence-corrected chi connectivity index (χ2v) is 4.11. The number of carbonyl (C=O) groups is 1. The van der Waals surface area contributed by atoms with Crippen LogP contribution in [0.3, 0.4) is 0 Å². The Bertz CT molecular complexity index is 481. The number of nitriles is 1. The predicted octanol–water partition coefficient (Wildman–Crippen LogP) is 2.22. The SMILES string of the molecule is COc1ccccc1NC(=O)N1CCCC1C#N. The second kappa shape index (κ2) is 5.41. The Hall–Kier alpha value is -2.22. The summed E-state index contributed by atoms with van der Waals surface area (Å²) in [4.78, 5) is 13.6. The van der Waals surface area contributed by atoms with Crippen LogP contribution in [0, 0.1) is 11.3 Å². The highest BCUT2D eigenvalue weighted by Crippen LogP contribution is 2.25. The normalized spacial score (nSPS) is 18.2.